The number of anilines is 1. The second kappa shape index (κ2) is 4.94. The van der Waals surface area contributed by atoms with Gasteiger partial charge in [0.2, 0.25) is 5.88 Å². The third-order valence-corrected chi connectivity index (χ3v) is 2.79. The molecule has 0 atom stereocenters. The predicted molar refractivity (Wildman–Crippen MR) is 74.7 cm³/mol. The van der Waals surface area contributed by atoms with Crippen LogP contribution in [0.25, 0.3) is 11.0 Å². The van der Waals surface area contributed by atoms with E-state index in [1.807, 2.05) is 48.5 Å². The highest BCUT2D eigenvalue weighted by molar-refractivity contribution is 5.73. The number of fused-ring (bicyclic) bond motifs is 1. The van der Waals surface area contributed by atoms with Crippen molar-refractivity contribution in [2.75, 3.05) is 5.73 Å². The average molecular weight is 251 g/mol. The van der Waals surface area contributed by atoms with Crippen molar-refractivity contribution in [3.63, 3.8) is 0 Å². The van der Waals surface area contributed by atoms with Gasteiger partial charge in [-0.3, -0.25) is 0 Å². The molecule has 0 radical (unpaired) electrons. The van der Waals surface area contributed by atoms with Crippen molar-refractivity contribution in [3.8, 4) is 5.88 Å². The molecule has 3 aromatic rings. The molecule has 1 aromatic heterocycles. The first-order valence-electron chi connectivity index (χ1n) is 6.00. The molecule has 0 fully saturated rings. The number of rotatable bonds is 3. The smallest absolute Gasteiger partial charge is 0.233 e. The lowest BCUT2D eigenvalue weighted by molar-refractivity contribution is 0.294. The predicted octanol–water partition coefficient (Wildman–Crippen LogP) is 2.79. The molecule has 19 heavy (non-hydrogen) atoms. The van der Waals surface area contributed by atoms with Crippen LogP contribution >= 0.6 is 0 Å². The fourth-order valence-electron chi connectivity index (χ4n) is 1.78. The maximum absolute atomic E-state index is 5.63. The van der Waals surface area contributed by atoms with Gasteiger partial charge in [0.1, 0.15) is 6.61 Å². The number of aromatic nitrogens is 2. The highest BCUT2D eigenvalue weighted by atomic mass is 16.5. The van der Waals surface area contributed by atoms with Crippen molar-refractivity contribution in [2.45, 2.75) is 6.61 Å². The first kappa shape index (κ1) is 11.5. The van der Waals surface area contributed by atoms with Crippen LogP contribution in [-0.4, -0.2) is 9.97 Å². The number of benzene rings is 2. The van der Waals surface area contributed by atoms with Crippen LogP contribution < -0.4 is 10.5 Å². The normalized spacial score (nSPS) is 10.5. The van der Waals surface area contributed by atoms with Crippen molar-refractivity contribution in [2.24, 2.45) is 0 Å². The van der Waals surface area contributed by atoms with E-state index >= 15 is 0 Å². The van der Waals surface area contributed by atoms with E-state index in [9.17, 15) is 0 Å². The Morgan fingerprint density at radius 3 is 2.47 bits per heavy atom. The topological polar surface area (TPSA) is 61.0 Å². The molecular weight excluding hydrogens is 238 g/mol. The zero-order chi connectivity index (χ0) is 13.1. The molecule has 3 rings (SSSR count). The van der Waals surface area contributed by atoms with Gasteiger partial charge < -0.3 is 10.5 Å². The molecule has 0 aliphatic carbocycles. The van der Waals surface area contributed by atoms with Gasteiger partial charge in [0.15, 0.2) is 0 Å². The van der Waals surface area contributed by atoms with E-state index in [2.05, 4.69) is 9.97 Å². The molecule has 0 spiro atoms. The van der Waals surface area contributed by atoms with Crippen molar-refractivity contribution < 1.29 is 4.74 Å². The Morgan fingerprint density at radius 1 is 0.947 bits per heavy atom. The molecule has 0 amide bonds. The lowest BCUT2D eigenvalue weighted by Gasteiger charge is -2.06. The first-order chi connectivity index (χ1) is 9.31. The Kier molecular flexibility index (Phi) is 2.98. The Hall–Kier alpha value is -2.62. The highest BCUT2D eigenvalue weighted by Crippen LogP contribution is 2.14. The summed E-state index contributed by atoms with van der Waals surface area (Å²) in [7, 11) is 0. The summed E-state index contributed by atoms with van der Waals surface area (Å²) in [5, 5.41) is 0. The van der Waals surface area contributed by atoms with Gasteiger partial charge in [-0.15, -0.1) is 0 Å². The minimum absolute atomic E-state index is 0.452. The maximum Gasteiger partial charge on any atom is 0.233 e. The summed E-state index contributed by atoms with van der Waals surface area (Å²) in [5.41, 5.74) is 9.12. The summed E-state index contributed by atoms with van der Waals surface area (Å²) < 4.78 is 5.63. The van der Waals surface area contributed by atoms with Gasteiger partial charge in [0, 0.05) is 5.69 Å². The zero-order valence-corrected chi connectivity index (χ0v) is 10.3. The summed E-state index contributed by atoms with van der Waals surface area (Å²) in [5.74, 6) is 0.524. The molecule has 0 aliphatic rings. The standard InChI is InChI=1S/C15H13N3O/c16-12-7-5-11(6-8-12)10-19-15-9-17-13-3-1-2-4-14(13)18-15/h1-9H,10,16H2. The fraction of sp³-hybridized carbons (Fsp3) is 0.0667. The van der Waals surface area contributed by atoms with E-state index in [0.717, 1.165) is 22.3 Å². The lowest BCUT2D eigenvalue weighted by atomic mass is 10.2. The van der Waals surface area contributed by atoms with E-state index < -0.39 is 0 Å². The summed E-state index contributed by atoms with van der Waals surface area (Å²) in [6, 6.07) is 15.3. The van der Waals surface area contributed by atoms with Crippen molar-refractivity contribution in [1.29, 1.82) is 0 Å². The molecule has 94 valence electrons. The molecule has 0 saturated heterocycles. The summed E-state index contributed by atoms with van der Waals surface area (Å²) in [4.78, 5) is 8.70. The quantitative estimate of drug-likeness (QED) is 0.727. The highest BCUT2D eigenvalue weighted by Gasteiger charge is 2.00. The van der Waals surface area contributed by atoms with Gasteiger partial charge >= 0.3 is 0 Å². The van der Waals surface area contributed by atoms with Gasteiger partial charge in [-0.1, -0.05) is 24.3 Å². The molecule has 4 nitrogen and oxygen atoms in total. The fourth-order valence-corrected chi connectivity index (χ4v) is 1.78. The Balaban J connectivity index is 1.76. The molecule has 2 N–H and O–H groups in total. The van der Waals surface area contributed by atoms with Gasteiger partial charge in [-0.25, -0.2) is 9.97 Å². The molecular formula is C15H13N3O. The lowest BCUT2D eigenvalue weighted by Crippen LogP contribution is -1.98. The molecule has 2 aromatic carbocycles. The van der Waals surface area contributed by atoms with Crippen LogP contribution in [0.15, 0.2) is 54.7 Å². The largest absolute Gasteiger partial charge is 0.472 e. The van der Waals surface area contributed by atoms with Gasteiger partial charge in [-0.2, -0.15) is 0 Å². The van der Waals surface area contributed by atoms with Crippen molar-refractivity contribution in [3.05, 3.63) is 60.3 Å². The third-order valence-electron chi connectivity index (χ3n) is 2.79. The summed E-state index contributed by atoms with van der Waals surface area (Å²) in [6.45, 7) is 0.452. The Bertz CT molecular complexity index is 695. The average Bonchev–Trinajstić information content (AvgIpc) is 2.46. The molecule has 0 unspecified atom stereocenters. The SMILES string of the molecule is Nc1ccc(COc2cnc3ccccc3n2)cc1. The Morgan fingerprint density at radius 2 is 1.68 bits per heavy atom. The van der Waals surface area contributed by atoms with E-state index in [1.165, 1.54) is 0 Å². The van der Waals surface area contributed by atoms with Crippen LogP contribution in [0.5, 0.6) is 5.88 Å². The van der Waals surface area contributed by atoms with Crippen LogP contribution in [-0.2, 0) is 6.61 Å². The van der Waals surface area contributed by atoms with Crippen LogP contribution in [0, 0.1) is 0 Å². The maximum atomic E-state index is 5.63. The number of hydrogen-bond acceptors (Lipinski definition) is 4. The van der Waals surface area contributed by atoms with E-state index in [1.54, 1.807) is 6.20 Å². The van der Waals surface area contributed by atoms with Crippen molar-refractivity contribution in [1.82, 2.24) is 9.97 Å². The number of nitrogens with zero attached hydrogens (tertiary/aromatic N) is 2. The van der Waals surface area contributed by atoms with Gasteiger partial charge in [-0.05, 0) is 29.8 Å². The van der Waals surface area contributed by atoms with Gasteiger partial charge in [0.05, 0.1) is 17.2 Å². The Labute approximate surface area is 110 Å². The van der Waals surface area contributed by atoms with Crippen LogP contribution in [0.4, 0.5) is 5.69 Å². The van der Waals surface area contributed by atoms with E-state index in [4.69, 9.17) is 10.5 Å². The summed E-state index contributed by atoms with van der Waals surface area (Å²) >= 11 is 0. The molecule has 1 heterocycles. The minimum atomic E-state index is 0.452. The van der Waals surface area contributed by atoms with Crippen molar-refractivity contribution >= 4 is 16.7 Å². The number of ether oxygens (including phenoxy) is 1. The van der Waals surface area contributed by atoms with E-state index in [-0.39, 0.29) is 0 Å². The number of para-hydroxylation sites is 2. The monoisotopic (exact) mass is 251 g/mol. The summed E-state index contributed by atoms with van der Waals surface area (Å²) in [6.07, 6.45) is 1.64. The zero-order valence-electron chi connectivity index (χ0n) is 10.3. The number of hydrogen-bond donors (Lipinski definition) is 1. The first-order valence-corrected chi connectivity index (χ1v) is 6.00. The number of nitrogen functional groups attached to an aromatic ring is 1. The van der Waals surface area contributed by atoms with E-state index in [0.29, 0.717) is 12.5 Å². The third kappa shape index (κ3) is 2.63. The van der Waals surface area contributed by atoms with Crippen LogP contribution in [0.3, 0.4) is 0 Å². The minimum Gasteiger partial charge on any atom is -0.472 e. The second-order valence-electron chi connectivity index (χ2n) is 4.23. The molecule has 0 aliphatic heterocycles. The van der Waals surface area contributed by atoms with Crippen LogP contribution in [0.1, 0.15) is 5.56 Å². The van der Waals surface area contributed by atoms with Crippen LogP contribution in [0.2, 0.25) is 0 Å². The molecule has 0 bridgehead atoms. The number of nitrogens with two attached hydrogens (primary N) is 1. The molecule has 4 heteroatoms. The van der Waals surface area contributed by atoms with Gasteiger partial charge in [0.25, 0.3) is 0 Å². The second-order valence-corrected chi connectivity index (χ2v) is 4.23. The molecule has 0 saturated carbocycles.